The third-order valence-electron chi connectivity index (χ3n) is 6.55. The molecule has 0 unspecified atom stereocenters. The van der Waals surface area contributed by atoms with Gasteiger partial charge in [-0.15, -0.1) is 0 Å². The maximum absolute atomic E-state index is 16.3. The number of hydrogen-bond donors (Lipinski definition) is 1. The summed E-state index contributed by atoms with van der Waals surface area (Å²) < 4.78 is 61.1. The zero-order chi connectivity index (χ0) is 25.5. The molecule has 0 radical (unpaired) electrons. The van der Waals surface area contributed by atoms with Crippen LogP contribution in [0.15, 0.2) is 33.9 Å². The van der Waals surface area contributed by atoms with Crippen LogP contribution < -0.4 is 11.2 Å². The number of aliphatic hydroxyl groups excluding tert-OH is 1. The van der Waals surface area contributed by atoms with Gasteiger partial charge in [-0.1, -0.05) is 12.1 Å². The fraction of sp³-hybridized carbons (Fsp3) is 0.542. The lowest BCUT2D eigenvalue weighted by molar-refractivity contribution is -0.0803. The first kappa shape index (κ1) is 25.2. The molecule has 0 bridgehead atoms. The molecule has 0 aliphatic heterocycles. The van der Waals surface area contributed by atoms with Gasteiger partial charge >= 0.3 is 5.69 Å². The molecule has 2 heterocycles. The van der Waals surface area contributed by atoms with Crippen molar-refractivity contribution < 1.29 is 22.7 Å². The van der Waals surface area contributed by atoms with Crippen LogP contribution >= 0.6 is 0 Å². The van der Waals surface area contributed by atoms with Crippen molar-refractivity contribution >= 4 is 11.2 Å². The third kappa shape index (κ3) is 4.65. The molecule has 1 aromatic carbocycles. The number of aliphatic hydroxyl groups is 1. The number of halogens is 4. The van der Waals surface area contributed by atoms with Gasteiger partial charge in [-0.3, -0.25) is 13.9 Å². The molecule has 2 aromatic heterocycles. The van der Waals surface area contributed by atoms with E-state index in [9.17, 15) is 27.9 Å². The molecule has 1 aliphatic rings. The molecule has 4 rings (SSSR count). The normalized spacial score (nSPS) is 17.4. The predicted octanol–water partition coefficient (Wildman–Crippen LogP) is 3.88. The van der Waals surface area contributed by atoms with Crippen molar-refractivity contribution in [2.24, 2.45) is 0 Å². The summed E-state index contributed by atoms with van der Waals surface area (Å²) in [5, 5.41) is 9.24. The molecule has 0 saturated heterocycles. The van der Waals surface area contributed by atoms with Crippen LogP contribution in [0.4, 0.5) is 17.6 Å². The average Bonchev–Trinajstić information content (AvgIpc) is 3.17. The molecule has 11 heteroatoms. The molecule has 1 saturated carbocycles. The summed E-state index contributed by atoms with van der Waals surface area (Å²) in [5.41, 5.74) is -3.11. The summed E-state index contributed by atoms with van der Waals surface area (Å²) >= 11 is 0. The number of benzene rings is 1. The van der Waals surface area contributed by atoms with E-state index in [1.54, 1.807) is 13.8 Å². The van der Waals surface area contributed by atoms with Gasteiger partial charge in [-0.2, -0.15) is 0 Å². The summed E-state index contributed by atoms with van der Waals surface area (Å²) in [5.74, 6) is -3.65. The number of hydrogen-bond acceptors (Lipinski definition) is 4. The second-order valence-electron chi connectivity index (χ2n) is 9.42. The van der Waals surface area contributed by atoms with Crippen LogP contribution in [0.3, 0.4) is 0 Å². The highest BCUT2D eigenvalue weighted by atomic mass is 19.3. The van der Waals surface area contributed by atoms with E-state index in [1.807, 2.05) is 0 Å². The van der Waals surface area contributed by atoms with Crippen LogP contribution in [0.25, 0.3) is 11.2 Å². The first-order valence-corrected chi connectivity index (χ1v) is 11.7. The summed E-state index contributed by atoms with van der Waals surface area (Å²) in [7, 11) is 0. The zero-order valence-electron chi connectivity index (χ0n) is 19.6. The first-order chi connectivity index (χ1) is 16.5. The Hall–Kier alpha value is -2.95. The highest BCUT2D eigenvalue weighted by molar-refractivity contribution is 5.72. The molecule has 1 fully saturated rings. The van der Waals surface area contributed by atoms with Gasteiger partial charge in [0.25, 0.3) is 5.56 Å². The molecule has 35 heavy (non-hydrogen) atoms. The van der Waals surface area contributed by atoms with Gasteiger partial charge in [0.1, 0.15) is 11.6 Å². The van der Waals surface area contributed by atoms with Gasteiger partial charge in [-0.05, 0) is 50.8 Å². The lowest BCUT2D eigenvalue weighted by Crippen LogP contribution is -2.41. The summed E-state index contributed by atoms with van der Waals surface area (Å²) in [6.45, 7) is 3.06. The zero-order valence-corrected chi connectivity index (χ0v) is 19.6. The van der Waals surface area contributed by atoms with Crippen LogP contribution in [-0.2, 0) is 18.8 Å². The van der Waals surface area contributed by atoms with Crippen molar-refractivity contribution in [3.8, 4) is 0 Å². The predicted molar refractivity (Wildman–Crippen MR) is 122 cm³/mol. The van der Waals surface area contributed by atoms with E-state index in [4.69, 9.17) is 0 Å². The van der Waals surface area contributed by atoms with Crippen LogP contribution in [0.2, 0.25) is 0 Å². The molecule has 3 aromatic rings. The lowest BCUT2D eigenvalue weighted by atomic mass is 9.83. The van der Waals surface area contributed by atoms with E-state index in [1.165, 1.54) is 33.4 Å². The minimum absolute atomic E-state index is 0.0262. The Balaban J connectivity index is 2.01. The summed E-state index contributed by atoms with van der Waals surface area (Å²) in [6.07, 6.45) is -2.16. The Morgan fingerprint density at radius 3 is 2.23 bits per heavy atom. The van der Waals surface area contributed by atoms with Crippen molar-refractivity contribution in [3.63, 3.8) is 0 Å². The maximum atomic E-state index is 16.3. The summed E-state index contributed by atoms with van der Waals surface area (Å²) in [4.78, 5) is 31.1. The Labute approximate surface area is 198 Å². The number of imidazole rings is 1. The molecule has 0 spiro atoms. The van der Waals surface area contributed by atoms with E-state index >= 15 is 4.39 Å². The number of alkyl halides is 3. The number of aromatic nitrogens is 4. The van der Waals surface area contributed by atoms with E-state index in [0.29, 0.717) is 5.56 Å². The van der Waals surface area contributed by atoms with Gasteiger partial charge in [0, 0.05) is 38.6 Å². The number of fused-ring (bicyclic) bond motifs is 1. The van der Waals surface area contributed by atoms with Crippen LogP contribution in [0.1, 0.15) is 63.4 Å². The molecule has 1 aliphatic carbocycles. The quantitative estimate of drug-likeness (QED) is 0.504. The van der Waals surface area contributed by atoms with Gasteiger partial charge in [-0.25, -0.2) is 27.3 Å². The summed E-state index contributed by atoms with van der Waals surface area (Å²) in [6, 6.07) is 4.97. The highest BCUT2D eigenvalue weighted by Crippen LogP contribution is 2.46. The van der Waals surface area contributed by atoms with Crippen molar-refractivity contribution in [1.82, 2.24) is 18.7 Å². The standard InChI is InChI=1S/C24H28F4N4O3/c1-15(2)32-19-18(20(34)30(22(32)35)12-3-13-33)31(14-16-4-6-17(25)7-5-16)21(29-19)23(26)8-10-24(27,28)11-9-23/h4-7,15,33H,3,8-14H2,1-2H3. The van der Waals surface area contributed by atoms with E-state index in [2.05, 4.69) is 4.98 Å². The highest BCUT2D eigenvalue weighted by Gasteiger charge is 2.48. The monoisotopic (exact) mass is 496 g/mol. The maximum Gasteiger partial charge on any atom is 0.332 e. The lowest BCUT2D eigenvalue weighted by Gasteiger charge is -2.33. The molecule has 0 atom stereocenters. The van der Waals surface area contributed by atoms with Crippen molar-refractivity contribution in [2.75, 3.05) is 6.61 Å². The Bertz CT molecular complexity index is 1330. The van der Waals surface area contributed by atoms with Gasteiger partial charge in [0.15, 0.2) is 16.8 Å². The molecular formula is C24H28F4N4O3. The molecule has 7 nitrogen and oxygen atoms in total. The topological polar surface area (TPSA) is 82.0 Å². The van der Waals surface area contributed by atoms with Gasteiger partial charge < -0.3 is 9.67 Å². The van der Waals surface area contributed by atoms with Crippen LogP contribution in [0.5, 0.6) is 0 Å². The van der Waals surface area contributed by atoms with Crippen LogP contribution in [0, 0.1) is 5.82 Å². The third-order valence-corrected chi connectivity index (χ3v) is 6.55. The minimum atomic E-state index is -2.99. The van der Waals surface area contributed by atoms with E-state index < -0.39 is 60.4 Å². The Morgan fingerprint density at radius 2 is 1.66 bits per heavy atom. The fourth-order valence-electron chi connectivity index (χ4n) is 4.65. The number of rotatable bonds is 7. The molecule has 190 valence electrons. The second-order valence-corrected chi connectivity index (χ2v) is 9.42. The minimum Gasteiger partial charge on any atom is -0.396 e. The fourth-order valence-corrected chi connectivity index (χ4v) is 4.65. The van der Waals surface area contributed by atoms with Gasteiger partial charge in [0.2, 0.25) is 5.92 Å². The van der Waals surface area contributed by atoms with Crippen molar-refractivity contribution in [3.05, 3.63) is 62.3 Å². The largest absolute Gasteiger partial charge is 0.396 e. The first-order valence-electron chi connectivity index (χ1n) is 11.7. The SMILES string of the molecule is CC(C)n1c(=O)n(CCCO)c(=O)c2c1nc(C1(F)CCC(F)(F)CC1)n2Cc1ccc(F)cc1. The average molecular weight is 497 g/mol. The molecule has 0 amide bonds. The van der Waals surface area contributed by atoms with E-state index in [-0.39, 0.29) is 43.1 Å². The molecular weight excluding hydrogens is 468 g/mol. The second kappa shape index (κ2) is 9.25. The molecule has 1 N–H and O–H groups in total. The van der Waals surface area contributed by atoms with Crippen molar-refractivity contribution in [1.29, 1.82) is 0 Å². The smallest absolute Gasteiger partial charge is 0.332 e. The van der Waals surface area contributed by atoms with E-state index in [0.717, 1.165) is 4.57 Å². The number of nitrogens with zero attached hydrogens (tertiary/aromatic N) is 4. The van der Waals surface area contributed by atoms with Crippen molar-refractivity contribution in [2.45, 2.75) is 76.7 Å². The Kier molecular flexibility index (Phi) is 6.65. The van der Waals surface area contributed by atoms with Gasteiger partial charge in [0.05, 0.1) is 0 Å². The Morgan fingerprint density at radius 1 is 1.03 bits per heavy atom. The van der Waals surface area contributed by atoms with Crippen LogP contribution in [-0.4, -0.2) is 36.3 Å².